The zero-order valence-corrected chi connectivity index (χ0v) is 18.4. The average molecular weight is 479 g/mol. The van der Waals surface area contributed by atoms with Gasteiger partial charge in [-0.25, -0.2) is 13.5 Å². The molecular weight excluding hydrogens is 462 g/mol. The maximum Gasteiger partial charge on any atom is 0.278 e. The summed E-state index contributed by atoms with van der Waals surface area (Å²) in [7, 11) is 0. The first kappa shape index (κ1) is 21.8. The zero-order valence-electron chi connectivity index (χ0n) is 17.6. The van der Waals surface area contributed by atoms with Crippen LogP contribution in [0.15, 0.2) is 77.7 Å². The van der Waals surface area contributed by atoms with Gasteiger partial charge in [0.1, 0.15) is 23.9 Å². The minimum Gasteiger partial charge on any atom is -0.342 e. The van der Waals surface area contributed by atoms with Crippen LogP contribution in [0.4, 0.5) is 14.5 Å². The van der Waals surface area contributed by atoms with Crippen LogP contribution in [0.1, 0.15) is 5.56 Å². The molecule has 3 aromatic rings. The fraction of sp³-hybridized carbons (Fsp3) is 0.0800. The van der Waals surface area contributed by atoms with Gasteiger partial charge in [0, 0.05) is 23.8 Å². The predicted octanol–water partition coefficient (Wildman–Crippen LogP) is 4.92. The molecule has 0 unspecified atom stereocenters. The Bertz CT molecular complexity index is 1560. The summed E-state index contributed by atoms with van der Waals surface area (Å²) in [6, 6.07) is 17.8. The third kappa shape index (κ3) is 4.15. The molecule has 0 fully saturated rings. The van der Waals surface area contributed by atoms with Crippen molar-refractivity contribution in [2.24, 2.45) is 0 Å². The Morgan fingerprint density at radius 3 is 2.59 bits per heavy atom. The molecule has 2 aliphatic heterocycles. The van der Waals surface area contributed by atoms with Gasteiger partial charge in [0.15, 0.2) is 0 Å². The first-order valence-corrected chi connectivity index (χ1v) is 10.7. The van der Waals surface area contributed by atoms with E-state index in [4.69, 9.17) is 11.6 Å². The molecule has 0 saturated heterocycles. The Balaban J connectivity index is 1.53. The van der Waals surface area contributed by atoms with Crippen molar-refractivity contribution in [3.05, 3.63) is 106 Å². The molecule has 0 saturated carbocycles. The number of amides is 1. The van der Waals surface area contributed by atoms with E-state index < -0.39 is 23.1 Å². The van der Waals surface area contributed by atoms with Crippen molar-refractivity contribution >= 4 is 34.1 Å². The second kappa shape index (κ2) is 8.72. The normalized spacial score (nSPS) is 11.3. The second-order valence-corrected chi connectivity index (χ2v) is 8.21. The van der Waals surface area contributed by atoms with E-state index in [1.165, 1.54) is 24.3 Å². The van der Waals surface area contributed by atoms with Gasteiger partial charge < -0.3 is 9.88 Å². The van der Waals surface area contributed by atoms with Crippen molar-refractivity contribution in [1.29, 1.82) is 0 Å². The molecule has 2 aliphatic rings. The van der Waals surface area contributed by atoms with E-state index in [0.717, 1.165) is 16.3 Å². The monoisotopic (exact) mass is 478 g/mol. The topological polar surface area (TPSA) is 68.9 Å². The maximum absolute atomic E-state index is 14.1. The zero-order chi connectivity index (χ0) is 23.8. The van der Waals surface area contributed by atoms with Crippen molar-refractivity contribution in [2.75, 3.05) is 5.32 Å². The number of nitrogens with zero attached hydrogens (tertiary/aromatic N) is 3. The molecule has 0 atom stereocenters. The van der Waals surface area contributed by atoms with E-state index in [1.807, 2.05) is 34.9 Å². The molecule has 1 amide bonds. The first-order valence-electron chi connectivity index (χ1n) is 10.4. The second-order valence-electron chi connectivity index (χ2n) is 7.81. The SMILES string of the molecule is O=C(Cn1nc2c3cc(F)ccc3n(Cc3ccccc3)cc-2c1=O)Nc1ccc(F)c(Cl)c1. The van der Waals surface area contributed by atoms with E-state index >= 15 is 0 Å². The first-order chi connectivity index (χ1) is 16.4. The van der Waals surface area contributed by atoms with E-state index in [0.29, 0.717) is 23.1 Å². The van der Waals surface area contributed by atoms with E-state index in [-0.39, 0.29) is 22.8 Å². The van der Waals surface area contributed by atoms with Gasteiger partial charge in [0.2, 0.25) is 5.91 Å². The van der Waals surface area contributed by atoms with Crippen LogP contribution in [-0.2, 0) is 17.9 Å². The van der Waals surface area contributed by atoms with Gasteiger partial charge in [0.25, 0.3) is 5.56 Å². The van der Waals surface area contributed by atoms with Gasteiger partial charge in [-0.15, -0.1) is 0 Å². The van der Waals surface area contributed by atoms with Crippen molar-refractivity contribution in [2.45, 2.75) is 13.1 Å². The molecule has 170 valence electrons. The molecule has 5 rings (SSSR count). The van der Waals surface area contributed by atoms with E-state index in [1.54, 1.807) is 12.3 Å². The quantitative estimate of drug-likeness (QED) is 0.390. The van der Waals surface area contributed by atoms with Crippen LogP contribution in [0.25, 0.3) is 22.2 Å². The summed E-state index contributed by atoms with van der Waals surface area (Å²) >= 11 is 5.75. The Morgan fingerprint density at radius 2 is 1.82 bits per heavy atom. The molecule has 6 nitrogen and oxygen atoms in total. The fourth-order valence-corrected chi connectivity index (χ4v) is 4.06. The van der Waals surface area contributed by atoms with Gasteiger partial charge >= 0.3 is 0 Å². The maximum atomic E-state index is 14.1. The highest BCUT2D eigenvalue weighted by Gasteiger charge is 2.22. The summed E-state index contributed by atoms with van der Waals surface area (Å²) in [5.74, 6) is -1.61. The number of pyridine rings is 1. The molecule has 2 heterocycles. The fourth-order valence-electron chi connectivity index (χ4n) is 3.88. The summed E-state index contributed by atoms with van der Waals surface area (Å²) in [6.07, 6.45) is 1.67. The Morgan fingerprint density at radius 1 is 1.03 bits per heavy atom. The highest BCUT2D eigenvalue weighted by molar-refractivity contribution is 6.31. The molecule has 0 aliphatic carbocycles. The molecule has 0 radical (unpaired) electrons. The number of rotatable bonds is 5. The van der Waals surface area contributed by atoms with Crippen LogP contribution >= 0.6 is 11.6 Å². The summed E-state index contributed by atoms with van der Waals surface area (Å²) in [5.41, 5.74) is 2.10. The van der Waals surface area contributed by atoms with Crippen LogP contribution in [0.2, 0.25) is 5.02 Å². The number of anilines is 1. The lowest BCUT2D eigenvalue weighted by Crippen LogP contribution is -2.26. The highest BCUT2D eigenvalue weighted by atomic mass is 35.5. The number of carbonyl (C=O) groups excluding carboxylic acids is 1. The number of hydrogen-bond donors (Lipinski definition) is 1. The standard InChI is InChI=1S/C25H17ClF2N4O2/c26-20-11-17(7-8-21(20)28)29-23(33)14-32-25(34)19-13-31(12-15-4-2-1-3-5-15)22-9-6-16(27)10-18(22)24(19)30-32/h1-11,13H,12,14H2,(H,29,33). The van der Waals surface area contributed by atoms with Gasteiger partial charge in [-0.3, -0.25) is 9.59 Å². The van der Waals surface area contributed by atoms with Crippen LogP contribution in [0.3, 0.4) is 0 Å². The Kier molecular flexibility index (Phi) is 5.59. The highest BCUT2D eigenvalue weighted by Crippen LogP contribution is 2.29. The van der Waals surface area contributed by atoms with Crippen molar-refractivity contribution < 1.29 is 13.6 Å². The lowest BCUT2D eigenvalue weighted by Gasteiger charge is -2.14. The molecule has 9 heteroatoms. The van der Waals surface area contributed by atoms with Gasteiger partial charge in [-0.2, -0.15) is 5.10 Å². The van der Waals surface area contributed by atoms with E-state index in [9.17, 15) is 18.4 Å². The lowest BCUT2D eigenvalue weighted by molar-refractivity contribution is -0.116. The molecule has 0 aromatic heterocycles. The third-order valence-electron chi connectivity index (χ3n) is 5.44. The smallest absolute Gasteiger partial charge is 0.278 e. The van der Waals surface area contributed by atoms with Gasteiger partial charge in [-0.05, 0) is 42.0 Å². The van der Waals surface area contributed by atoms with Gasteiger partial charge in [-0.1, -0.05) is 41.9 Å². The number of halogens is 3. The molecular formula is C25H17ClF2N4O2. The number of carbonyl (C=O) groups is 1. The van der Waals surface area contributed by atoms with Crippen molar-refractivity contribution in [3.63, 3.8) is 0 Å². The van der Waals surface area contributed by atoms with Gasteiger partial charge in [0.05, 0.1) is 16.1 Å². The number of fused-ring (bicyclic) bond motifs is 3. The molecule has 3 aromatic carbocycles. The van der Waals surface area contributed by atoms with Crippen molar-refractivity contribution in [3.8, 4) is 11.3 Å². The third-order valence-corrected chi connectivity index (χ3v) is 5.73. The predicted molar refractivity (Wildman–Crippen MR) is 126 cm³/mol. The molecule has 0 spiro atoms. The molecule has 34 heavy (non-hydrogen) atoms. The summed E-state index contributed by atoms with van der Waals surface area (Å²) in [4.78, 5) is 25.6. The van der Waals surface area contributed by atoms with Crippen LogP contribution in [0, 0.1) is 11.6 Å². The largest absolute Gasteiger partial charge is 0.342 e. The number of aromatic nitrogens is 3. The Labute approximate surface area is 197 Å². The minimum atomic E-state index is -0.609. The number of nitrogens with one attached hydrogen (secondary N) is 1. The molecule has 0 bridgehead atoms. The van der Waals surface area contributed by atoms with Crippen molar-refractivity contribution in [1.82, 2.24) is 14.3 Å². The Hall–Kier alpha value is -4.04. The molecule has 1 N–H and O–H groups in total. The number of hydrogen-bond acceptors (Lipinski definition) is 3. The summed E-state index contributed by atoms with van der Waals surface area (Å²) < 4.78 is 30.4. The number of benzene rings is 3. The lowest BCUT2D eigenvalue weighted by atomic mass is 10.1. The average Bonchev–Trinajstić information content (AvgIpc) is 3.12. The summed E-state index contributed by atoms with van der Waals surface area (Å²) in [5, 5.41) is 7.22. The summed E-state index contributed by atoms with van der Waals surface area (Å²) in [6.45, 7) is 0.0906. The minimum absolute atomic E-state index is 0.136. The van der Waals surface area contributed by atoms with E-state index in [2.05, 4.69) is 10.4 Å². The van der Waals surface area contributed by atoms with Crippen LogP contribution in [0.5, 0.6) is 0 Å². The van der Waals surface area contributed by atoms with Crippen LogP contribution < -0.4 is 10.9 Å². The van der Waals surface area contributed by atoms with Crippen LogP contribution in [-0.4, -0.2) is 20.3 Å².